The lowest BCUT2D eigenvalue weighted by Gasteiger charge is -2.14. The van der Waals surface area contributed by atoms with Gasteiger partial charge in [-0.1, -0.05) is 0 Å². The van der Waals surface area contributed by atoms with Crippen molar-refractivity contribution in [3.8, 4) is 0 Å². The van der Waals surface area contributed by atoms with Crippen LogP contribution in [0.15, 0.2) is 17.9 Å². The average Bonchev–Trinajstić information content (AvgIpc) is 3.07. The van der Waals surface area contributed by atoms with Crippen molar-refractivity contribution < 1.29 is 14.7 Å². The largest absolute Gasteiger partial charge is 0.480 e. The first-order valence-corrected chi connectivity index (χ1v) is 7.08. The van der Waals surface area contributed by atoms with Gasteiger partial charge >= 0.3 is 12.0 Å². The van der Waals surface area contributed by atoms with Gasteiger partial charge < -0.3 is 20.7 Å². The molecule has 0 bridgehead atoms. The number of urea groups is 1. The third kappa shape index (κ3) is 4.56. The van der Waals surface area contributed by atoms with Crippen molar-refractivity contribution >= 4 is 23.3 Å². The van der Waals surface area contributed by atoms with Gasteiger partial charge in [0.25, 0.3) is 0 Å². The SMILES string of the molecule is Cc1nc(CNC(=O)NC(Cc2cnc[nH]2)C(=O)O)cs1. The number of aromatic nitrogens is 3. The molecular weight excluding hydrogens is 294 g/mol. The molecule has 2 heterocycles. The van der Waals surface area contributed by atoms with Crippen LogP contribution in [0.5, 0.6) is 0 Å². The number of nitrogens with zero attached hydrogens (tertiary/aromatic N) is 2. The van der Waals surface area contributed by atoms with Gasteiger partial charge in [0, 0.05) is 23.7 Å². The fraction of sp³-hybridized carbons (Fsp3) is 0.333. The first-order valence-electron chi connectivity index (χ1n) is 6.20. The Kier molecular flexibility index (Phi) is 4.88. The third-order valence-corrected chi connectivity index (χ3v) is 3.50. The molecule has 0 fully saturated rings. The van der Waals surface area contributed by atoms with Crippen LogP contribution in [0.1, 0.15) is 16.4 Å². The molecule has 8 nitrogen and oxygen atoms in total. The summed E-state index contributed by atoms with van der Waals surface area (Å²) in [7, 11) is 0. The Labute approximate surface area is 124 Å². The molecule has 0 aliphatic heterocycles. The first kappa shape index (κ1) is 15.0. The van der Waals surface area contributed by atoms with Crippen LogP contribution in [0.4, 0.5) is 4.79 Å². The van der Waals surface area contributed by atoms with E-state index in [2.05, 4.69) is 25.6 Å². The summed E-state index contributed by atoms with van der Waals surface area (Å²) in [6, 6.07) is -1.57. The van der Waals surface area contributed by atoms with Crippen LogP contribution >= 0.6 is 11.3 Å². The highest BCUT2D eigenvalue weighted by atomic mass is 32.1. The molecule has 2 aromatic rings. The number of carbonyl (C=O) groups is 2. The summed E-state index contributed by atoms with van der Waals surface area (Å²) in [5.74, 6) is -1.11. The van der Waals surface area contributed by atoms with Crippen LogP contribution in [0, 0.1) is 6.92 Å². The van der Waals surface area contributed by atoms with Crippen LogP contribution in [-0.4, -0.2) is 38.1 Å². The smallest absolute Gasteiger partial charge is 0.326 e. The number of hydrogen-bond acceptors (Lipinski definition) is 5. The predicted molar refractivity (Wildman–Crippen MR) is 75.9 cm³/mol. The van der Waals surface area contributed by atoms with Gasteiger partial charge in [-0.15, -0.1) is 11.3 Å². The molecule has 0 saturated carbocycles. The number of carboxylic acids is 1. The maximum Gasteiger partial charge on any atom is 0.326 e. The zero-order chi connectivity index (χ0) is 15.2. The highest BCUT2D eigenvalue weighted by Gasteiger charge is 2.20. The molecule has 0 saturated heterocycles. The first-order chi connectivity index (χ1) is 10.0. The van der Waals surface area contributed by atoms with Crippen molar-refractivity contribution in [2.24, 2.45) is 0 Å². The molecule has 2 amide bonds. The standard InChI is InChI=1S/C12H15N5O3S/c1-7-16-9(5-21-7)4-14-12(20)17-10(11(18)19)2-8-3-13-6-15-8/h3,5-6,10H,2,4H2,1H3,(H,13,15)(H,18,19)(H2,14,17,20). The van der Waals surface area contributed by atoms with Gasteiger partial charge in [-0.05, 0) is 6.92 Å². The number of thiazole rings is 1. The lowest BCUT2D eigenvalue weighted by atomic mass is 10.2. The molecule has 21 heavy (non-hydrogen) atoms. The normalized spacial score (nSPS) is 11.9. The molecule has 4 N–H and O–H groups in total. The van der Waals surface area contributed by atoms with Gasteiger partial charge in [-0.25, -0.2) is 19.6 Å². The van der Waals surface area contributed by atoms with Gasteiger partial charge in [-0.3, -0.25) is 0 Å². The number of carboxylic acid groups (broad SMARTS) is 1. The van der Waals surface area contributed by atoms with Crippen LogP contribution < -0.4 is 10.6 Å². The van der Waals surface area contributed by atoms with E-state index < -0.39 is 18.0 Å². The summed E-state index contributed by atoms with van der Waals surface area (Å²) in [6.45, 7) is 2.13. The summed E-state index contributed by atoms with van der Waals surface area (Å²) in [5.41, 5.74) is 1.38. The van der Waals surface area contributed by atoms with Gasteiger partial charge in [0.05, 0.1) is 23.6 Å². The number of hydrogen-bond donors (Lipinski definition) is 4. The molecule has 0 aliphatic rings. The number of carbonyl (C=O) groups excluding carboxylic acids is 1. The lowest BCUT2D eigenvalue weighted by Crippen LogP contribution is -2.47. The number of amides is 2. The minimum Gasteiger partial charge on any atom is -0.480 e. The van der Waals surface area contributed by atoms with E-state index in [-0.39, 0.29) is 13.0 Å². The number of aryl methyl sites for hydroxylation is 1. The Bertz CT molecular complexity index is 610. The zero-order valence-corrected chi connectivity index (χ0v) is 12.1. The fourth-order valence-electron chi connectivity index (χ4n) is 1.69. The fourth-order valence-corrected chi connectivity index (χ4v) is 2.30. The van der Waals surface area contributed by atoms with E-state index in [0.717, 1.165) is 10.7 Å². The summed E-state index contributed by atoms with van der Waals surface area (Å²) in [5, 5.41) is 16.9. The van der Waals surface area contributed by atoms with E-state index in [9.17, 15) is 9.59 Å². The second kappa shape index (κ2) is 6.84. The summed E-state index contributed by atoms with van der Waals surface area (Å²) < 4.78 is 0. The molecular formula is C12H15N5O3S. The molecule has 1 atom stereocenters. The molecule has 1 unspecified atom stereocenters. The molecule has 2 rings (SSSR count). The maximum atomic E-state index is 11.7. The Morgan fingerprint density at radius 3 is 2.90 bits per heavy atom. The van der Waals surface area contributed by atoms with E-state index in [1.807, 2.05) is 12.3 Å². The number of rotatable bonds is 6. The Morgan fingerprint density at radius 1 is 1.52 bits per heavy atom. The highest BCUT2D eigenvalue weighted by molar-refractivity contribution is 7.09. The lowest BCUT2D eigenvalue weighted by molar-refractivity contribution is -0.139. The van der Waals surface area contributed by atoms with Crippen LogP contribution in [0.3, 0.4) is 0 Å². The van der Waals surface area contributed by atoms with Crippen LogP contribution in [-0.2, 0) is 17.8 Å². The molecule has 112 valence electrons. The van der Waals surface area contributed by atoms with Crippen molar-refractivity contribution in [1.29, 1.82) is 0 Å². The van der Waals surface area contributed by atoms with Gasteiger partial charge in [-0.2, -0.15) is 0 Å². The molecule has 2 aromatic heterocycles. The molecule has 0 aromatic carbocycles. The van der Waals surface area contributed by atoms with Crippen molar-refractivity contribution in [3.05, 3.63) is 34.3 Å². The van der Waals surface area contributed by atoms with E-state index in [4.69, 9.17) is 5.11 Å². The minimum absolute atomic E-state index is 0.137. The van der Waals surface area contributed by atoms with Crippen LogP contribution in [0.25, 0.3) is 0 Å². The molecule has 0 radical (unpaired) electrons. The number of H-pyrrole nitrogens is 1. The van der Waals surface area contributed by atoms with E-state index in [1.165, 1.54) is 23.9 Å². The minimum atomic E-state index is -1.11. The second-order valence-electron chi connectivity index (χ2n) is 4.36. The molecule has 0 spiro atoms. The van der Waals surface area contributed by atoms with Crippen molar-refractivity contribution in [2.75, 3.05) is 0 Å². The van der Waals surface area contributed by atoms with E-state index in [0.29, 0.717) is 5.69 Å². The summed E-state index contributed by atoms with van der Waals surface area (Å²) in [4.78, 5) is 33.7. The van der Waals surface area contributed by atoms with E-state index in [1.54, 1.807) is 0 Å². The Balaban J connectivity index is 1.84. The van der Waals surface area contributed by atoms with Crippen LogP contribution in [0.2, 0.25) is 0 Å². The number of nitrogens with one attached hydrogen (secondary N) is 3. The predicted octanol–water partition coefficient (Wildman–Crippen LogP) is 0.670. The average molecular weight is 309 g/mol. The maximum absolute atomic E-state index is 11.7. The van der Waals surface area contributed by atoms with Crippen molar-refractivity contribution in [3.63, 3.8) is 0 Å². The second-order valence-corrected chi connectivity index (χ2v) is 5.42. The monoisotopic (exact) mass is 309 g/mol. The third-order valence-electron chi connectivity index (χ3n) is 2.68. The highest BCUT2D eigenvalue weighted by Crippen LogP contribution is 2.07. The number of imidazole rings is 1. The van der Waals surface area contributed by atoms with Gasteiger partial charge in [0.2, 0.25) is 0 Å². The molecule has 0 aliphatic carbocycles. The molecule has 9 heteroatoms. The summed E-state index contributed by atoms with van der Waals surface area (Å²) >= 11 is 1.49. The Morgan fingerprint density at radius 2 is 2.33 bits per heavy atom. The van der Waals surface area contributed by atoms with Gasteiger partial charge in [0.1, 0.15) is 6.04 Å². The Hall–Kier alpha value is -2.42. The number of aromatic amines is 1. The van der Waals surface area contributed by atoms with Crippen molar-refractivity contribution in [2.45, 2.75) is 25.9 Å². The topological polar surface area (TPSA) is 120 Å². The van der Waals surface area contributed by atoms with Crippen molar-refractivity contribution in [1.82, 2.24) is 25.6 Å². The van der Waals surface area contributed by atoms with E-state index >= 15 is 0 Å². The quantitative estimate of drug-likeness (QED) is 0.625. The zero-order valence-electron chi connectivity index (χ0n) is 11.3. The van der Waals surface area contributed by atoms with Gasteiger partial charge in [0.15, 0.2) is 0 Å². The summed E-state index contributed by atoms with van der Waals surface area (Å²) in [6.07, 6.45) is 3.12. The number of aliphatic carboxylic acids is 1.